The summed E-state index contributed by atoms with van der Waals surface area (Å²) in [5.74, 6) is 1.28. The van der Waals surface area contributed by atoms with Crippen LogP contribution in [0.25, 0.3) is 0 Å². The van der Waals surface area contributed by atoms with Gasteiger partial charge in [0.2, 0.25) is 0 Å². The second-order valence-corrected chi connectivity index (χ2v) is 8.45. The van der Waals surface area contributed by atoms with Crippen molar-refractivity contribution in [3.8, 4) is 0 Å². The van der Waals surface area contributed by atoms with Crippen LogP contribution in [0.5, 0.6) is 0 Å². The maximum atomic E-state index is 12.1. The highest BCUT2D eigenvalue weighted by Gasteiger charge is 2.31. The Morgan fingerprint density at radius 2 is 1.34 bits per heavy atom. The number of methoxy groups -OCH3 is 4. The molecular formula is C23H40O6. The Hall–Kier alpha value is -0.950. The van der Waals surface area contributed by atoms with Gasteiger partial charge in [0, 0.05) is 34.9 Å². The molecule has 0 spiro atoms. The van der Waals surface area contributed by atoms with Gasteiger partial charge in [0.15, 0.2) is 5.78 Å². The number of rotatable bonds is 12. The fourth-order valence-electron chi connectivity index (χ4n) is 4.77. The van der Waals surface area contributed by atoms with Gasteiger partial charge in [-0.05, 0) is 69.3 Å². The maximum absolute atomic E-state index is 12.1. The molecule has 6 heteroatoms. The molecule has 2 rings (SSSR count). The molecule has 0 N–H and O–H groups in total. The Morgan fingerprint density at radius 1 is 0.793 bits per heavy atom. The second kappa shape index (κ2) is 13.4. The quantitative estimate of drug-likeness (QED) is 0.453. The van der Waals surface area contributed by atoms with Gasteiger partial charge in [0.25, 0.3) is 0 Å². The summed E-state index contributed by atoms with van der Waals surface area (Å²) in [5.41, 5.74) is 0. The van der Waals surface area contributed by atoms with Gasteiger partial charge in [0.05, 0.1) is 30.7 Å². The van der Waals surface area contributed by atoms with Crippen molar-refractivity contribution in [1.82, 2.24) is 0 Å². The van der Waals surface area contributed by atoms with Crippen LogP contribution >= 0.6 is 0 Å². The average molecular weight is 413 g/mol. The summed E-state index contributed by atoms with van der Waals surface area (Å²) in [5, 5.41) is 0. The maximum Gasteiger partial charge on any atom is 0.170 e. The van der Waals surface area contributed by atoms with Crippen molar-refractivity contribution in [2.75, 3.05) is 35.0 Å². The Balaban J connectivity index is 1.58. The van der Waals surface area contributed by atoms with E-state index in [0.717, 1.165) is 51.4 Å². The van der Waals surface area contributed by atoms with Crippen molar-refractivity contribution in [1.29, 1.82) is 0 Å². The van der Waals surface area contributed by atoms with Gasteiger partial charge in [-0.1, -0.05) is 0 Å². The molecule has 0 heterocycles. The van der Waals surface area contributed by atoms with Gasteiger partial charge in [-0.15, -0.1) is 0 Å². The molecule has 0 amide bonds. The molecule has 2 saturated carbocycles. The predicted octanol–water partition coefficient (Wildman–Crippen LogP) is 3.92. The molecule has 0 radical (unpaired) electrons. The smallest absolute Gasteiger partial charge is 0.170 e. The Morgan fingerprint density at radius 3 is 1.93 bits per heavy atom. The largest absolute Gasteiger partial charge is 0.494 e. The summed E-state index contributed by atoms with van der Waals surface area (Å²) in [6.45, 7) is 0.161. The highest BCUT2D eigenvalue weighted by Crippen LogP contribution is 2.31. The van der Waals surface area contributed by atoms with Crippen molar-refractivity contribution in [2.24, 2.45) is 11.8 Å². The summed E-state index contributed by atoms with van der Waals surface area (Å²) >= 11 is 0. The summed E-state index contributed by atoms with van der Waals surface area (Å²) < 4.78 is 27.5. The predicted molar refractivity (Wildman–Crippen MR) is 112 cm³/mol. The highest BCUT2D eigenvalue weighted by atomic mass is 16.5. The minimum Gasteiger partial charge on any atom is -0.494 e. The minimum absolute atomic E-state index is 0.143. The lowest BCUT2D eigenvalue weighted by Gasteiger charge is -2.34. The first-order valence-electron chi connectivity index (χ1n) is 11.0. The van der Waals surface area contributed by atoms with Gasteiger partial charge in [-0.25, -0.2) is 0 Å². The third-order valence-electron chi connectivity index (χ3n) is 6.63. The van der Waals surface area contributed by atoms with E-state index in [0.29, 0.717) is 18.3 Å². The Labute approximate surface area is 176 Å². The molecule has 0 saturated heterocycles. The van der Waals surface area contributed by atoms with E-state index in [4.69, 9.17) is 23.7 Å². The SMILES string of the molecule is COC1CCC(C/C=C\OCC(=O)CCC2CCC(OC)C(OC)C2)CC1OC. The highest BCUT2D eigenvalue weighted by molar-refractivity contribution is 5.79. The number of ether oxygens (including phenoxy) is 5. The molecule has 6 nitrogen and oxygen atoms in total. The number of hydrogen-bond acceptors (Lipinski definition) is 6. The summed E-state index contributed by atoms with van der Waals surface area (Å²) in [6, 6.07) is 0. The molecule has 0 aliphatic heterocycles. The molecule has 2 aliphatic carbocycles. The second-order valence-electron chi connectivity index (χ2n) is 8.45. The standard InChI is InChI=1S/C23H40O6/c1-25-20-11-8-17(14-22(20)27-3)6-5-13-29-16-19(24)10-7-18-9-12-21(26-2)23(15-18)28-4/h5,13,17-18,20-23H,6-12,14-16H2,1-4H3/b13-5-. The number of carbonyl (C=O) groups excluding carboxylic acids is 1. The fourth-order valence-corrected chi connectivity index (χ4v) is 4.77. The summed E-state index contributed by atoms with van der Waals surface area (Å²) in [7, 11) is 6.99. The van der Waals surface area contributed by atoms with Crippen molar-refractivity contribution in [2.45, 2.75) is 82.2 Å². The van der Waals surface area contributed by atoms with Gasteiger partial charge in [-0.2, -0.15) is 0 Å². The number of Topliss-reactive ketones (excluding diaryl/α,β-unsaturated/α-hetero) is 1. The first-order valence-corrected chi connectivity index (χ1v) is 11.0. The lowest BCUT2D eigenvalue weighted by Crippen LogP contribution is -2.36. The van der Waals surface area contributed by atoms with Crippen LogP contribution in [0.1, 0.15) is 57.8 Å². The van der Waals surface area contributed by atoms with Crippen LogP contribution in [0.2, 0.25) is 0 Å². The topological polar surface area (TPSA) is 63.2 Å². The lowest BCUT2D eigenvalue weighted by molar-refractivity contribution is -0.122. The van der Waals surface area contributed by atoms with Crippen molar-refractivity contribution in [3.63, 3.8) is 0 Å². The van der Waals surface area contributed by atoms with Crippen molar-refractivity contribution < 1.29 is 28.5 Å². The van der Waals surface area contributed by atoms with Crippen LogP contribution in [0.15, 0.2) is 12.3 Å². The molecule has 0 bridgehead atoms. The first-order chi connectivity index (χ1) is 14.1. The van der Waals surface area contributed by atoms with E-state index >= 15 is 0 Å². The van der Waals surface area contributed by atoms with E-state index in [1.807, 2.05) is 6.08 Å². The molecule has 0 aromatic heterocycles. The fraction of sp³-hybridized carbons (Fsp3) is 0.870. The number of hydrogen-bond donors (Lipinski definition) is 0. The molecule has 0 aromatic carbocycles. The van der Waals surface area contributed by atoms with Crippen LogP contribution in [0.4, 0.5) is 0 Å². The molecule has 2 fully saturated rings. The molecule has 168 valence electrons. The van der Waals surface area contributed by atoms with E-state index < -0.39 is 0 Å². The normalized spacial score (nSPS) is 33.1. The van der Waals surface area contributed by atoms with E-state index in [1.165, 1.54) is 0 Å². The third-order valence-corrected chi connectivity index (χ3v) is 6.63. The van der Waals surface area contributed by atoms with E-state index in [1.54, 1.807) is 34.7 Å². The van der Waals surface area contributed by atoms with Gasteiger partial charge in [-0.3, -0.25) is 4.79 Å². The van der Waals surface area contributed by atoms with Gasteiger partial charge >= 0.3 is 0 Å². The van der Waals surface area contributed by atoms with Crippen molar-refractivity contribution >= 4 is 5.78 Å². The summed E-state index contributed by atoms with van der Waals surface area (Å²) in [6.07, 6.45) is 13.1. The molecule has 2 aliphatic rings. The summed E-state index contributed by atoms with van der Waals surface area (Å²) in [4.78, 5) is 12.1. The van der Waals surface area contributed by atoms with Gasteiger partial charge < -0.3 is 23.7 Å². The number of allylic oxidation sites excluding steroid dienone is 1. The Bertz CT molecular complexity index is 494. The minimum atomic E-state index is 0.143. The van der Waals surface area contributed by atoms with Gasteiger partial charge in [0.1, 0.15) is 6.61 Å². The molecule has 0 aromatic rings. The van der Waals surface area contributed by atoms with Crippen molar-refractivity contribution in [3.05, 3.63) is 12.3 Å². The third kappa shape index (κ3) is 8.00. The van der Waals surface area contributed by atoms with Crippen LogP contribution in [0.3, 0.4) is 0 Å². The first kappa shape index (κ1) is 24.3. The van der Waals surface area contributed by atoms with E-state index in [9.17, 15) is 4.79 Å². The molecule has 6 unspecified atom stereocenters. The van der Waals surface area contributed by atoms with Crippen LogP contribution in [-0.2, 0) is 28.5 Å². The molecule has 29 heavy (non-hydrogen) atoms. The van der Waals surface area contributed by atoms with Crippen LogP contribution < -0.4 is 0 Å². The number of carbonyl (C=O) groups is 1. The van der Waals surface area contributed by atoms with E-state index in [-0.39, 0.29) is 36.8 Å². The zero-order chi connectivity index (χ0) is 21.1. The number of ketones is 1. The Kier molecular flexibility index (Phi) is 11.2. The molecule has 6 atom stereocenters. The zero-order valence-corrected chi connectivity index (χ0v) is 18.6. The van der Waals surface area contributed by atoms with E-state index in [2.05, 4.69) is 0 Å². The van der Waals surface area contributed by atoms with Crippen LogP contribution in [0, 0.1) is 11.8 Å². The zero-order valence-electron chi connectivity index (χ0n) is 18.6. The average Bonchev–Trinajstić information content (AvgIpc) is 2.76. The lowest BCUT2D eigenvalue weighted by atomic mass is 9.82. The monoisotopic (exact) mass is 412 g/mol. The molecular weight excluding hydrogens is 372 g/mol. The van der Waals surface area contributed by atoms with Crippen LogP contribution in [-0.4, -0.2) is 65.2 Å².